The third-order valence-corrected chi connectivity index (χ3v) is 3.76. The van der Waals surface area contributed by atoms with Crippen LogP contribution in [0.4, 0.5) is 0 Å². The minimum Gasteiger partial charge on any atom is -0.479 e. The average molecular weight is 320 g/mol. The summed E-state index contributed by atoms with van der Waals surface area (Å²) in [6.45, 7) is 3.23. The van der Waals surface area contributed by atoms with E-state index in [1.54, 1.807) is 12.1 Å². The lowest BCUT2D eigenvalue weighted by molar-refractivity contribution is -0.156. The van der Waals surface area contributed by atoms with Gasteiger partial charge in [0.25, 0.3) is 0 Å². The number of carboxylic acids is 1. The number of aliphatic carboxylic acids is 1. The molecule has 0 aliphatic rings. The Morgan fingerprint density at radius 1 is 1.45 bits per heavy atom. The molecular weight excluding hydrogens is 301 g/mol. The van der Waals surface area contributed by atoms with Crippen LogP contribution in [-0.2, 0) is 11.2 Å². The third kappa shape index (κ3) is 4.94. The van der Waals surface area contributed by atoms with Gasteiger partial charge in [0, 0.05) is 22.6 Å². The number of benzene rings is 1. The van der Waals surface area contributed by atoms with E-state index in [2.05, 4.69) is 5.32 Å². The number of nitrogens with one attached hydrogen (secondary N) is 1. The predicted octanol–water partition coefficient (Wildman–Crippen LogP) is 2.74. The van der Waals surface area contributed by atoms with Crippen LogP contribution < -0.4 is 5.32 Å². The number of hydrogen-bond acceptors (Lipinski definition) is 3. The molecule has 0 amide bonds. The molecule has 0 heterocycles. The minimum absolute atomic E-state index is 0.0218. The van der Waals surface area contributed by atoms with E-state index in [0.29, 0.717) is 16.5 Å². The Bertz CT molecular complexity index is 477. The van der Waals surface area contributed by atoms with E-state index in [9.17, 15) is 9.90 Å². The van der Waals surface area contributed by atoms with E-state index in [1.165, 1.54) is 6.92 Å². The second-order valence-electron chi connectivity index (χ2n) is 5.00. The van der Waals surface area contributed by atoms with Gasteiger partial charge in [-0.05, 0) is 37.5 Å². The number of carboxylic acid groups (broad SMARTS) is 1. The van der Waals surface area contributed by atoms with E-state index in [1.807, 2.05) is 13.0 Å². The fourth-order valence-corrected chi connectivity index (χ4v) is 2.22. The predicted molar refractivity (Wildman–Crippen MR) is 80.5 cm³/mol. The van der Waals surface area contributed by atoms with Crippen molar-refractivity contribution in [1.82, 2.24) is 5.32 Å². The van der Waals surface area contributed by atoms with Gasteiger partial charge in [0.15, 0.2) is 5.60 Å². The summed E-state index contributed by atoms with van der Waals surface area (Å²) in [4.78, 5) is 10.8. The second kappa shape index (κ2) is 7.27. The summed E-state index contributed by atoms with van der Waals surface area (Å²) in [6, 6.07) is 5.32. The SMILES string of the molecule is CCC(Cc1ccc(Cl)cc1Cl)NCC(C)(O)C(=O)O. The number of halogens is 2. The molecule has 0 saturated carbocycles. The molecule has 2 atom stereocenters. The Balaban J connectivity index is 2.66. The van der Waals surface area contributed by atoms with Gasteiger partial charge in [-0.3, -0.25) is 0 Å². The van der Waals surface area contributed by atoms with E-state index >= 15 is 0 Å². The Morgan fingerprint density at radius 3 is 2.60 bits per heavy atom. The number of hydrogen-bond donors (Lipinski definition) is 3. The lowest BCUT2D eigenvalue weighted by Gasteiger charge is -2.23. The number of aliphatic hydroxyl groups is 1. The Hall–Kier alpha value is -0.810. The van der Waals surface area contributed by atoms with Gasteiger partial charge in [0.1, 0.15) is 0 Å². The van der Waals surface area contributed by atoms with Crippen LogP contribution in [0.25, 0.3) is 0 Å². The van der Waals surface area contributed by atoms with Gasteiger partial charge in [-0.1, -0.05) is 36.2 Å². The number of rotatable bonds is 7. The molecule has 3 N–H and O–H groups in total. The zero-order chi connectivity index (χ0) is 15.3. The molecule has 0 spiro atoms. The maximum absolute atomic E-state index is 10.8. The van der Waals surface area contributed by atoms with Crippen molar-refractivity contribution in [2.24, 2.45) is 0 Å². The Kier molecular flexibility index (Phi) is 6.27. The van der Waals surface area contributed by atoms with Gasteiger partial charge >= 0.3 is 5.97 Å². The lowest BCUT2D eigenvalue weighted by atomic mass is 10.0. The highest BCUT2D eigenvalue weighted by molar-refractivity contribution is 6.35. The highest BCUT2D eigenvalue weighted by Crippen LogP contribution is 2.22. The van der Waals surface area contributed by atoms with Crippen molar-refractivity contribution in [2.75, 3.05) is 6.54 Å². The molecule has 2 unspecified atom stereocenters. The van der Waals surface area contributed by atoms with Crippen LogP contribution >= 0.6 is 23.2 Å². The lowest BCUT2D eigenvalue weighted by Crippen LogP contribution is -2.48. The van der Waals surface area contributed by atoms with Crippen LogP contribution in [0.2, 0.25) is 10.0 Å². The van der Waals surface area contributed by atoms with Crippen LogP contribution in [0.1, 0.15) is 25.8 Å². The van der Waals surface area contributed by atoms with Gasteiger partial charge in [-0.15, -0.1) is 0 Å². The summed E-state index contributed by atoms with van der Waals surface area (Å²) < 4.78 is 0. The summed E-state index contributed by atoms with van der Waals surface area (Å²) in [7, 11) is 0. The minimum atomic E-state index is -1.78. The van der Waals surface area contributed by atoms with Gasteiger partial charge in [-0.2, -0.15) is 0 Å². The van der Waals surface area contributed by atoms with Gasteiger partial charge in [-0.25, -0.2) is 4.79 Å². The normalized spacial score (nSPS) is 15.7. The highest BCUT2D eigenvalue weighted by atomic mass is 35.5. The van der Waals surface area contributed by atoms with Gasteiger partial charge in [0.05, 0.1) is 0 Å². The molecule has 0 aliphatic carbocycles. The molecule has 0 saturated heterocycles. The zero-order valence-electron chi connectivity index (χ0n) is 11.5. The summed E-state index contributed by atoms with van der Waals surface area (Å²) in [5, 5.41) is 22.8. The van der Waals surface area contributed by atoms with Crippen molar-refractivity contribution in [2.45, 2.75) is 38.3 Å². The fourth-order valence-electron chi connectivity index (χ4n) is 1.73. The van der Waals surface area contributed by atoms with Crippen LogP contribution in [0, 0.1) is 0 Å². The largest absolute Gasteiger partial charge is 0.479 e. The first-order chi connectivity index (χ1) is 9.26. The third-order valence-electron chi connectivity index (χ3n) is 3.17. The maximum atomic E-state index is 10.8. The van der Waals surface area contributed by atoms with Gasteiger partial charge < -0.3 is 15.5 Å². The first kappa shape index (κ1) is 17.2. The summed E-state index contributed by atoms with van der Waals surface area (Å²) in [5.74, 6) is -1.25. The van der Waals surface area contributed by atoms with Crippen LogP contribution in [0.15, 0.2) is 18.2 Å². The standard InChI is InChI=1S/C14H19Cl2NO3/c1-3-11(17-8-14(2,20)13(18)19)6-9-4-5-10(15)7-12(9)16/h4-5,7,11,17,20H,3,6,8H2,1-2H3,(H,18,19). The van der Waals surface area contributed by atoms with E-state index in [4.69, 9.17) is 28.3 Å². The fraction of sp³-hybridized carbons (Fsp3) is 0.500. The topological polar surface area (TPSA) is 69.6 Å². The molecule has 0 aromatic heterocycles. The Morgan fingerprint density at radius 2 is 2.10 bits per heavy atom. The quantitative estimate of drug-likeness (QED) is 0.722. The average Bonchev–Trinajstić information content (AvgIpc) is 2.36. The van der Waals surface area contributed by atoms with Crippen molar-refractivity contribution in [3.8, 4) is 0 Å². The molecular formula is C14H19Cl2NO3. The molecule has 1 aromatic carbocycles. The second-order valence-corrected chi connectivity index (χ2v) is 5.85. The maximum Gasteiger partial charge on any atom is 0.336 e. The molecule has 20 heavy (non-hydrogen) atoms. The van der Waals surface area contributed by atoms with E-state index < -0.39 is 11.6 Å². The number of carbonyl (C=O) groups is 1. The van der Waals surface area contributed by atoms with Crippen molar-refractivity contribution in [1.29, 1.82) is 0 Å². The summed E-state index contributed by atoms with van der Waals surface area (Å²) >= 11 is 12.0. The highest BCUT2D eigenvalue weighted by Gasteiger charge is 2.30. The van der Waals surface area contributed by atoms with Crippen LogP contribution in [0.5, 0.6) is 0 Å². The summed E-state index contributed by atoms with van der Waals surface area (Å²) in [6.07, 6.45) is 1.43. The summed E-state index contributed by atoms with van der Waals surface area (Å²) in [5.41, 5.74) is -0.845. The molecule has 0 radical (unpaired) electrons. The van der Waals surface area contributed by atoms with Crippen molar-refractivity contribution < 1.29 is 15.0 Å². The van der Waals surface area contributed by atoms with E-state index in [-0.39, 0.29) is 12.6 Å². The molecule has 1 aromatic rings. The molecule has 112 valence electrons. The first-order valence-electron chi connectivity index (χ1n) is 6.39. The van der Waals surface area contributed by atoms with Crippen LogP contribution in [0.3, 0.4) is 0 Å². The molecule has 6 heteroatoms. The molecule has 0 bridgehead atoms. The van der Waals surface area contributed by atoms with Crippen molar-refractivity contribution in [3.05, 3.63) is 33.8 Å². The van der Waals surface area contributed by atoms with Crippen molar-refractivity contribution >= 4 is 29.2 Å². The first-order valence-corrected chi connectivity index (χ1v) is 7.15. The van der Waals surface area contributed by atoms with E-state index in [0.717, 1.165) is 12.0 Å². The van der Waals surface area contributed by atoms with Gasteiger partial charge in [0.2, 0.25) is 0 Å². The molecule has 0 aliphatic heterocycles. The monoisotopic (exact) mass is 319 g/mol. The van der Waals surface area contributed by atoms with Crippen LogP contribution in [-0.4, -0.2) is 34.4 Å². The molecule has 0 fully saturated rings. The zero-order valence-corrected chi connectivity index (χ0v) is 13.0. The smallest absolute Gasteiger partial charge is 0.336 e. The van der Waals surface area contributed by atoms with Crippen molar-refractivity contribution in [3.63, 3.8) is 0 Å². The molecule has 4 nitrogen and oxygen atoms in total. The Labute approximate surface area is 128 Å². The molecule has 1 rings (SSSR count).